The number of ether oxygens (including phenoxy) is 6. The summed E-state index contributed by atoms with van der Waals surface area (Å²) in [6.45, 7) is 16.2. The molecule has 6 N–H and O–H groups in total. The number of carbonyl (C=O) groups excluding carboxylic acids is 3. The van der Waals surface area contributed by atoms with E-state index in [1.54, 1.807) is 36.1 Å². The maximum absolute atomic E-state index is 12.9. The van der Waals surface area contributed by atoms with Crippen LogP contribution >= 0.6 is 73.9 Å². The van der Waals surface area contributed by atoms with Crippen LogP contribution in [0.1, 0.15) is 146 Å². The van der Waals surface area contributed by atoms with Gasteiger partial charge in [0.1, 0.15) is 42.5 Å². The number of morpholine rings is 1. The second-order valence-electron chi connectivity index (χ2n) is 37.1. The lowest BCUT2D eigenvalue weighted by Gasteiger charge is -2.36. The minimum atomic E-state index is -0.306. The average molecular weight is 2120 g/mol. The Labute approximate surface area is 880 Å². The zero-order valence-corrected chi connectivity index (χ0v) is 86.8. The monoisotopic (exact) mass is 2110 g/mol. The first kappa shape index (κ1) is 100.0. The van der Waals surface area contributed by atoms with Crippen molar-refractivity contribution in [3.8, 4) is 22.9 Å². The van der Waals surface area contributed by atoms with Crippen molar-refractivity contribution in [1.29, 1.82) is 0 Å². The molecule has 29 heteroatoms. The highest BCUT2D eigenvalue weighted by atomic mass is 79.9. The fourth-order valence-electron chi connectivity index (χ4n) is 21.3. The molecule has 0 radical (unpaired) electrons. The molecule has 146 heavy (non-hydrogen) atoms. The maximum atomic E-state index is 12.9. The van der Waals surface area contributed by atoms with Crippen molar-refractivity contribution in [3.63, 3.8) is 0 Å². The molecule has 3 amide bonds. The number of amides is 3. The number of methoxy groups -OCH3 is 1. The van der Waals surface area contributed by atoms with Gasteiger partial charge < -0.3 is 68.1 Å². The van der Waals surface area contributed by atoms with Crippen molar-refractivity contribution in [1.82, 2.24) is 69.3 Å². The SMILES string of the molecule is CC(=O)N1CCc2c([nH]c3ccc(Br)cc23)C1Cc1ccc(Cl)cc1Cl.CCOC(=O)N1CCc2c([nH]c3ccc(Cl)cc23)C1c1ccc(OCCN2CCOCC2)cc1.CCOC(=O)N1CCc2c([nH]c3ccc(OCc4ccccc4)cc23)C1c1ccc(OC)cc1.Clc1ccc2[nH]c3c(c2c1)CCN(Cc1ccccc1)C3c1cccnc1.Clc1ccc2[nH]c3c(c2c1)CCNC3c1ccc(-n2ccnc2)cc1. The molecular formula is C117H112BrCl5N14O9. The number of rotatable bonds is 19. The largest absolute Gasteiger partial charge is 0.497 e. The van der Waals surface area contributed by atoms with E-state index in [-0.39, 0.29) is 48.3 Å². The van der Waals surface area contributed by atoms with Crippen LogP contribution in [0.2, 0.25) is 25.1 Å². The van der Waals surface area contributed by atoms with Crippen LogP contribution in [0.4, 0.5) is 9.59 Å². The minimum Gasteiger partial charge on any atom is -0.497 e. The smallest absolute Gasteiger partial charge is 0.410 e. The summed E-state index contributed by atoms with van der Waals surface area (Å²) in [6, 6.07) is 85.2. The van der Waals surface area contributed by atoms with Crippen LogP contribution in [-0.2, 0) is 70.7 Å². The third-order valence-electron chi connectivity index (χ3n) is 28.3. The summed E-state index contributed by atoms with van der Waals surface area (Å²) < 4.78 is 36.6. The van der Waals surface area contributed by atoms with Crippen LogP contribution in [0, 0.1) is 0 Å². The molecular weight excluding hydrogens is 2000 g/mol. The Morgan fingerprint density at radius 2 is 0.952 bits per heavy atom. The molecule has 0 aliphatic carbocycles. The van der Waals surface area contributed by atoms with Crippen LogP contribution in [-0.4, -0.2) is 175 Å². The van der Waals surface area contributed by atoms with E-state index in [0.29, 0.717) is 67.6 Å². The van der Waals surface area contributed by atoms with Crippen molar-refractivity contribution in [2.75, 3.05) is 92.5 Å². The van der Waals surface area contributed by atoms with Gasteiger partial charge in [0.25, 0.3) is 0 Å². The summed E-state index contributed by atoms with van der Waals surface area (Å²) in [6.07, 6.45) is 13.8. The predicted molar refractivity (Wildman–Crippen MR) is 583 cm³/mol. The Kier molecular flexibility index (Phi) is 31.3. The van der Waals surface area contributed by atoms with E-state index in [4.69, 9.17) is 86.4 Å². The number of carbonyl (C=O) groups is 3. The zero-order chi connectivity index (χ0) is 100. The first-order chi connectivity index (χ1) is 71.3. The first-order valence-electron chi connectivity index (χ1n) is 49.6. The van der Waals surface area contributed by atoms with Gasteiger partial charge >= 0.3 is 12.2 Å². The van der Waals surface area contributed by atoms with Crippen LogP contribution in [0.5, 0.6) is 17.2 Å². The van der Waals surface area contributed by atoms with Crippen LogP contribution in [0.25, 0.3) is 60.2 Å². The molecule has 24 rings (SSSR count). The number of H-pyrrole nitrogens is 5. The van der Waals surface area contributed by atoms with Crippen LogP contribution in [0.3, 0.4) is 0 Å². The van der Waals surface area contributed by atoms with Gasteiger partial charge in [-0.2, -0.15) is 0 Å². The first-order valence-corrected chi connectivity index (χ1v) is 52.3. The number of fused-ring (bicyclic) bond motifs is 15. The standard InChI is InChI=1S/C28H28N2O4.C26H30ClN3O4.C23H20ClN3.C20H17BrCl2N2O.C20H17ClN4/c1-3-33-28(31)30-16-15-23-24-17-22(34-18-19-7-5-4-6-8-19)13-14-25(24)29-26(23)27(30)20-9-11-21(32-2)12-10-20;1-2-33-26(31)30-10-9-21-22-17-19(27)5-8-23(22)28-24(21)25(30)18-3-6-20(7-4-18)34-16-13-29-11-14-32-15-12-29;24-18-8-9-21-20(13-18)19-10-12-27(15-16-5-2-1-3-6-16)23(22(19)26-21)17-7-4-11-25-14-17;1-11(26)25-7-6-15-16-9-13(21)3-5-18(16)24-20(15)19(25)8-12-2-4-14(22)10-17(12)23;21-14-3-6-18-17(11-14)16-7-8-23-19(20(16)24-18)13-1-4-15(5-2-13)25-10-9-22-12-25/h4-14,17,27,29H,3,15-16,18H2,1-2H3;3-8,17,25,28H,2,9-16H2,1H3;1-9,11,13-14,23,26H,10,12,15H2;2-5,9-10,19,24H,6-8H2,1H3;1-6,9-12,19,23-24H,7-8H2. The second-order valence-corrected chi connectivity index (χ2v) is 40.1. The van der Waals surface area contributed by atoms with Crippen molar-refractivity contribution in [2.45, 2.75) is 103 Å². The number of nitrogens with zero attached hydrogens (tertiary/aromatic N) is 8. The van der Waals surface area contributed by atoms with Gasteiger partial charge in [0.2, 0.25) is 5.91 Å². The van der Waals surface area contributed by atoms with E-state index in [0.717, 1.165) is 200 Å². The molecule has 0 spiro atoms. The Hall–Kier alpha value is -13.3. The van der Waals surface area contributed by atoms with Gasteiger partial charge in [-0.15, -0.1) is 0 Å². The highest BCUT2D eigenvalue weighted by Gasteiger charge is 2.40. The van der Waals surface area contributed by atoms with E-state index in [2.05, 4.69) is 181 Å². The summed E-state index contributed by atoms with van der Waals surface area (Å²) in [5, 5.41) is 13.1. The van der Waals surface area contributed by atoms with Crippen molar-refractivity contribution in [2.24, 2.45) is 0 Å². The highest BCUT2D eigenvalue weighted by molar-refractivity contribution is 9.10. The molecule has 18 aromatic rings. The normalized spacial score (nSPS) is 16.9. The molecule has 11 aromatic carbocycles. The number of halogens is 6. The van der Waals surface area contributed by atoms with Gasteiger partial charge in [-0.3, -0.25) is 29.4 Å². The molecule has 746 valence electrons. The van der Waals surface area contributed by atoms with E-state index in [1.165, 1.54) is 72.1 Å². The zero-order valence-electron chi connectivity index (χ0n) is 81.4. The van der Waals surface area contributed by atoms with E-state index >= 15 is 0 Å². The summed E-state index contributed by atoms with van der Waals surface area (Å²) >= 11 is 34.7. The average Bonchev–Trinajstić information content (AvgIpc) is 2.03. The highest BCUT2D eigenvalue weighted by Crippen LogP contribution is 2.47. The minimum absolute atomic E-state index is 0.0684. The third kappa shape index (κ3) is 22.2. The van der Waals surface area contributed by atoms with E-state index < -0.39 is 0 Å². The molecule has 6 aliphatic rings. The van der Waals surface area contributed by atoms with Crippen molar-refractivity contribution < 1.29 is 42.8 Å². The molecule has 0 saturated carbocycles. The molecule has 1 saturated heterocycles. The topological polar surface area (TPSA) is 244 Å². The van der Waals surface area contributed by atoms with Crippen LogP contribution < -0.4 is 19.5 Å². The van der Waals surface area contributed by atoms with Crippen molar-refractivity contribution >= 4 is 147 Å². The van der Waals surface area contributed by atoms with Gasteiger partial charge in [0.05, 0.1) is 58.0 Å². The Bertz CT molecular complexity index is 7630. The lowest BCUT2D eigenvalue weighted by molar-refractivity contribution is -0.131. The number of hydrogen-bond donors (Lipinski definition) is 6. The molecule has 13 heterocycles. The van der Waals surface area contributed by atoms with Crippen LogP contribution in [0.15, 0.2) is 290 Å². The summed E-state index contributed by atoms with van der Waals surface area (Å²) in [5.41, 5.74) is 26.6. The van der Waals surface area contributed by atoms with E-state index in [9.17, 15) is 14.4 Å². The lowest BCUT2D eigenvalue weighted by Crippen LogP contribution is -2.41. The number of aromatic nitrogens is 8. The number of aromatic amines is 5. The fourth-order valence-corrected chi connectivity index (χ4v) is 22.6. The Morgan fingerprint density at radius 3 is 1.51 bits per heavy atom. The maximum Gasteiger partial charge on any atom is 0.410 e. The number of benzene rings is 11. The third-order valence-corrected chi connectivity index (χ3v) is 30.0. The van der Waals surface area contributed by atoms with Crippen molar-refractivity contribution in [3.05, 3.63) is 411 Å². The van der Waals surface area contributed by atoms with Gasteiger partial charge in [-0.25, -0.2) is 14.6 Å². The van der Waals surface area contributed by atoms with Gasteiger partial charge in [0.15, 0.2) is 0 Å². The predicted octanol–water partition coefficient (Wildman–Crippen LogP) is 26.0. The number of pyridine rings is 1. The number of imidazole rings is 1. The van der Waals surface area contributed by atoms with E-state index in [1.807, 2.05) is 182 Å². The number of hydrogen-bond acceptors (Lipinski definition) is 14. The Balaban J connectivity index is 0.000000112. The number of nitrogens with one attached hydrogen (secondary N) is 6. The Morgan fingerprint density at radius 1 is 0.452 bits per heavy atom. The molecule has 7 aromatic heterocycles. The van der Waals surface area contributed by atoms with Gasteiger partial charge in [0, 0.05) is 209 Å². The molecule has 0 bridgehead atoms. The van der Waals surface area contributed by atoms with Gasteiger partial charge in [-0.1, -0.05) is 183 Å². The molecule has 5 unspecified atom stereocenters. The summed E-state index contributed by atoms with van der Waals surface area (Å²) in [5.74, 6) is 2.50. The quantitative estimate of drug-likeness (QED) is 0.0441. The fraction of sp³-hybridized carbons (Fsp3) is 0.256. The molecule has 1 fully saturated rings. The summed E-state index contributed by atoms with van der Waals surface area (Å²) in [4.78, 5) is 74.8. The lowest BCUT2D eigenvalue weighted by atomic mass is 9.92. The summed E-state index contributed by atoms with van der Waals surface area (Å²) in [7, 11) is 1.65. The second kappa shape index (κ2) is 45.7. The van der Waals surface area contributed by atoms with Gasteiger partial charge in [-0.05, 0) is 265 Å². The molecule has 23 nitrogen and oxygen atoms in total. The molecule has 5 atom stereocenters. The molecule has 6 aliphatic heterocycles.